The van der Waals surface area contributed by atoms with Crippen molar-refractivity contribution in [1.82, 2.24) is 4.31 Å². The number of anilines is 1. The Kier molecular flexibility index (Phi) is 4.85. The van der Waals surface area contributed by atoms with E-state index in [-0.39, 0.29) is 29.2 Å². The number of benzene rings is 1. The number of halogens is 1. The molecule has 6 heteroatoms. The van der Waals surface area contributed by atoms with Crippen LogP contribution in [0.25, 0.3) is 0 Å². The summed E-state index contributed by atoms with van der Waals surface area (Å²) in [7, 11) is -3.83. The van der Waals surface area contributed by atoms with Crippen molar-refractivity contribution in [2.45, 2.75) is 11.8 Å². The van der Waals surface area contributed by atoms with Crippen molar-refractivity contribution in [2.24, 2.45) is 0 Å². The summed E-state index contributed by atoms with van der Waals surface area (Å²) in [6.45, 7) is 8.65. The minimum Gasteiger partial charge on any atom is -0.399 e. The molecule has 0 saturated carbocycles. The van der Waals surface area contributed by atoms with Gasteiger partial charge < -0.3 is 5.73 Å². The van der Waals surface area contributed by atoms with Crippen LogP contribution in [-0.4, -0.2) is 25.8 Å². The SMILES string of the molecule is C=CCN(CC=C)S(=O)(=O)c1cc(N)cc(F)c1C. The predicted molar refractivity (Wildman–Crippen MR) is 74.7 cm³/mol. The number of rotatable bonds is 6. The van der Waals surface area contributed by atoms with Gasteiger partial charge in [-0.3, -0.25) is 0 Å². The molecule has 0 amide bonds. The van der Waals surface area contributed by atoms with Gasteiger partial charge in [0.1, 0.15) is 5.82 Å². The van der Waals surface area contributed by atoms with Gasteiger partial charge in [0.2, 0.25) is 10.0 Å². The molecule has 19 heavy (non-hydrogen) atoms. The molecule has 4 nitrogen and oxygen atoms in total. The van der Waals surface area contributed by atoms with E-state index in [4.69, 9.17) is 5.73 Å². The molecule has 0 radical (unpaired) electrons. The van der Waals surface area contributed by atoms with Crippen molar-refractivity contribution in [3.63, 3.8) is 0 Å². The molecule has 0 aliphatic heterocycles. The molecule has 104 valence electrons. The van der Waals surface area contributed by atoms with Crippen LogP contribution in [0.4, 0.5) is 10.1 Å². The highest BCUT2D eigenvalue weighted by Gasteiger charge is 2.26. The van der Waals surface area contributed by atoms with Crippen LogP contribution in [0.5, 0.6) is 0 Å². The Morgan fingerprint density at radius 2 is 1.84 bits per heavy atom. The van der Waals surface area contributed by atoms with Gasteiger partial charge in [-0.2, -0.15) is 4.31 Å². The van der Waals surface area contributed by atoms with E-state index in [0.717, 1.165) is 10.4 Å². The average molecular weight is 284 g/mol. The third-order valence-corrected chi connectivity index (χ3v) is 4.56. The third kappa shape index (κ3) is 3.21. The lowest BCUT2D eigenvalue weighted by Crippen LogP contribution is -2.32. The van der Waals surface area contributed by atoms with Gasteiger partial charge in [0.25, 0.3) is 0 Å². The number of sulfonamides is 1. The van der Waals surface area contributed by atoms with Crippen LogP contribution in [0.15, 0.2) is 42.3 Å². The van der Waals surface area contributed by atoms with Crippen LogP contribution in [0.2, 0.25) is 0 Å². The lowest BCUT2D eigenvalue weighted by Gasteiger charge is -2.20. The topological polar surface area (TPSA) is 63.4 Å². The minimum absolute atomic E-state index is 0.0484. The van der Waals surface area contributed by atoms with Crippen LogP contribution < -0.4 is 5.73 Å². The minimum atomic E-state index is -3.83. The summed E-state index contributed by atoms with van der Waals surface area (Å²) in [6.07, 6.45) is 2.91. The number of nitrogens with zero attached hydrogens (tertiary/aromatic N) is 1. The number of nitrogen functional groups attached to an aromatic ring is 1. The highest BCUT2D eigenvalue weighted by Crippen LogP contribution is 2.24. The fourth-order valence-corrected chi connectivity index (χ4v) is 3.29. The summed E-state index contributed by atoms with van der Waals surface area (Å²) >= 11 is 0. The summed E-state index contributed by atoms with van der Waals surface area (Å²) in [5.74, 6) is -0.643. The summed E-state index contributed by atoms with van der Waals surface area (Å²) in [5, 5.41) is 0. The summed E-state index contributed by atoms with van der Waals surface area (Å²) in [5.41, 5.74) is 5.63. The lowest BCUT2D eigenvalue weighted by atomic mass is 10.2. The fraction of sp³-hybridized carbons (Fsp3) is 0.231. The van der Waals surface area contributed by atoms with E-state index in [1.54, 1.807) is 0 Å². The molecule has 0 unspecified atom stereocenters. The Labute approximate surface area is 113 Å². The Hall–Kier alpha value is -1.66. The van der Waals surface area contributed by atoms with Gasteiger partial charge in [0.15, 0.2) is 0 Å². The second-order valence-electron chi connectivity index (χ2n) is 4.03. The van der Waals surface area contributed by atoms with Crippen LogP contribution in [0.3, 0.4) is 0 Å². The first-order chi connectivity index (χ1) is 8.84. The molecule has 1 aromatic carbocycles. The van der Waals surface area contributed by atoms with Gasteiger partial charge in [0, 0.05) is 24.3 Å². The second-order valence-corrected chi connectivity index (χ2v) is 5.93. The second kappa shape index (κ2) is 5.99. The standard InChI is InChI=1S/C13H17FN2O2S/c1-4-6-16(7-5-2)19(17,18)13-9-11(15)8-12(14)10(13)3/h4-5,8-9H,1-2,6-7,15H2,3H3. The van der Waals surface area contributed by atoms with Crippen molar-refractivity contribution < 1.29 is 12.8 Å². The van der Waals surface area contributed by atoms with E-state index >= 15 is 0 Å². The van der Waals surface area contributed by atoms with Gasteiger partial charge in [-0.25, -0.2) is 12.8 Å². The molecule has 0 spiro atoms. The molecule has 0 saturated heterocycles. The molecule has 1 aromatic rings. The normalized spacial score (nSPS) is 11.5. The highest BCUT2D eigenvalue weighted by molar-refractivity contribution is 7.89. The molecule has 0 heterocycles. The molecule has 1 rings (SSSR count). The molecule has 0 fully saturated rings. The highest BCUT2D eigenvalue weighted by atomic mass is 32.2. The quantitative estimate of drug-likeness (QED) is 0.642. The first kappa shape index (κ1) is 15.4. The van der Waals surface area contributed by atoms with E-state index in [9.17, 15) is 12.8 Å². The summed E-state index contributed by atoms with van der Waals surface area (Å²) in [6, 6.07) is 2.35. The molecule has 0 aromatic heterocycles. The Bertz CT molecular complexity index is 587. The molecular weight excluding hydrogens is 267 g/mol. The Morgan fingerprint density at radius 3 is 2.32 bits per heavy atom. The molecule has 0 atom stereocenters. The van der Waals surface area contributed by atoms with E-state index in [2.05, 4.69) is 13.2 Å². The predicted octanol–water partition coefficient (Wildman–Crippen LogP) is 2.08. The van der Waals surface area contributed by atoms with Crippen molar-refractivity contribution in [1.29, 1.82) is 0 Å². The largest absolute Gasteiger partial charge is 0.399 e. The molecule has 0 aliphatic carbocycles. The van der Waals surface area contributed by atoms with Crippen molar-refractivity contribution in [3.8, 4) is 0 Å². The molecule has 2 N–H and O–H groups in total. The monoisotopic (exact) mass is 284 g/mol. The van der Waals surface area contributed by atoms with E-state index < -0.39 is 15.8 Å². The summed E-state index contributed by atoms with van der Waals surface area (Å²) in [4.78, 5) is -0.131. The smallest absolute Gasteiger partial charge is 0.244 e. The Balaban J connectivity index is 3.40. The summed E-state index contributed by atoms with van der Waals surface area (Å²) < 4.78 is 39.6. The first-order valence-corrected chi connectivity index (χ1v) is 7.06. The van der Waals surface area contributed by atoms with Crippen LogP contribution >= 0.6 is 0 Å². The van der Waals surface area contributed by atoms with Crippen molar-refractivity contribution >= 4 is 15.7 Å². The van der Waals surface area contributed by atoms with Crippen LogP contribution in [0.1, 0.15) is 5.56 Å². The van der Waals surface area contributed by atoms with Gasteiger partial charge >= 0.3 is 0 Å². The van der Waals surface area contributed by atoms with Gasteiger partial charge in [-0.15, -0.1) is 13.2 Å². The zero-order valence-corrected chi connectivity index (χ0v) is 11.6. The van der Waals surface area contributed by atoms with E-state index in [1.807, 2.05) is 0 Å². The fourth-order valence-electron chi connectivity index (χ4n) is 1.64. The maximum absolute atomic E-state index is 13.6. The Morgan fingerprint density at radius 1 is 1.32 bits per heavy atom. The number of hydrogen-bond donors (Lipinski definition) is 1. The molecular formula is C13H17FN2O2S. The first-order valence-electron chi connectivity index (χ1n) is 5.62. The third-order valence-electron chi connectivity index (χ3n) is 2.60. The molecule has 0 bridgehead atoms. The van der Waals surface area contributed by atoms with Crippen LogP contribution in [0, 0.1) is 12.7 Å². The lowest BCUT2D eigenvalue weighted by molar-refractivity contribution is 0.472. The van der Waals surface area contributed by atoms with E-state index in [1.165, 1.54) is 25.1 Å². The number of nitrogens with two attached hydrogens (primary N) is 1. The maximum Gasteiger partial charge on any atom is 0.244 e. The van der Waals surface area contributed by atoms with Crippen LogP contribution in [-0.2, 0) is 10.0 Å². The molecule has 0 aliphatic rings. The zero-order valence-electron chi connectivity index (χ0n) is 10.8. The average Bonchev–Trinajstić information content (AvgIpc) is 2.33. The van der Waals surface area contributed by atoms with Gasteiger partial charge in [0.05, 0.1) is 4.90 Å². The zero-order chi connectivity index (χ0) is 14.6. The van der Waals surface area contributed by atoms with Gasteiger partial charge in [-0.05, 0) is 19.1 Å². The number of hydrogen-bond acceptors (Lipinski definition) is 3. The maximum atomic E-state index is 13.6. The van der Waals surface area contributed by atoms with E-state index in [0.29, 0.717) is 0 Å². The van der Waals surface area contributed by atoms with Crippen molar-refractivity contribution in [3.05, 3.63) is 48.8 Å². The van der Waals surface area contributed by atoms with Gasteiger partial charge in [-0.1, -0.05) is 12.2 Å². The van der Waals surface area contributed by atoms with Crippen molar-refractivity contribution in [2.75, 3.05) is 18.8 Å².